The molecule has 2 heteroatoms. The fourth-order valence-corrected chi connectivity index (χ4v) is 4.42. The molecule has 118 valence electrons. The van der Waals surface area contributed by atoms with Crippen LogP contribution in [-0.2, 0) is 0 Å². The van der Waals surface area contributed by atoms with Crippen molar-refractivity contribution in [3.05, 3.63) is 0 Å². The van der Waals surface area contributed by atoms with Crippen molar-refractivity contribution in [3.63, 3.8) is 0 Å². The van der Waals surface area contributed by atoms with Gasteiger partial charge in [-0.2, -0.15) is 0 Å². The second-order valence-corrected chi connectivity index (χ2v) is 7.21. The summed E-state index contributed by atoms with van der Waals surface area (Å²) in [6.07, 6.45) is 15.7. The molecule has 0 aromatic heterocycles. The normalized spacial score (nSPS) is 24.9. The Morgan fingerprint density at radius 1 is 1.05 bits per heavy atom. The molecule has 0 bridgehead atoms. The molecule has 0 amide bonds. The molecule has 1 atom stereocenters. The maximum atomic E-state index is 3.67. The van der Waals surface area contributed by atoms with E-state index in [0.717, 1.165) is 6.04 Å². The lowest BCUT2D eigenvalue weighted by Gasteiger charge is -2.52. The second kappa shape index (κ2) is 8.38. The summed E-state index contributed by atoms with van der Waals surface area (Å²) in [6, 6.07) is 0.789. The average Bonchev–Trinajstić information content (AvgIpc) is 2.48. The molecule has 1 saturated carbocycles. The van der Waals surface area contributed by atoms with Gasteiger partial charge in [0, 0.05) is 31.2 Å². The van der Waals surface area contributed by atoms with Crippen molar-refractivity contribution in [1.29, 1.82) is 0 Å². The quantitative estimate of drug-likeness (QED) is 0.698. The fourth-order valence-electron chi connectivity index (χ4n) is 4.42. The molecule has 1 aliphatic carbocycles. The first kappa shape index (κ1) is 16.3. The minimum Gasteiger partial charge on any atom is -0.314 e. The minimum atomic E-state index is 0.513. The van der Waals surface area contributed by atoms with E-state index in [4.69, 9.17) is 0 Å². The highest BCUT2D eigenvalue weighted by Gasteiger charge is 2.41. The number of unbranched alkanes of at least 4 members (excludes halogenated alkanes) is 4. The highest BCUT2D eigenvalue weighted by Crippen LogP contribution is 2.36. The Morgan fingerprint density at radius 2 is 1.80 bits per heavy atom. The Hall–Kier alpha value is -0.0800. The van der Waals surface area contributed by atoms with Crippen LogP contribution in [0.5, 0.6) is 0 Å². The first-order chi connectivity index (χ1) is 9.78. The fraction of sp³-hybridized carbons (Fsp3) is 1.00. The molecule has 1 unspecified atom stereocenters. The van der Waals surface area contributed by atoms with Gasteiger partial charge in [0.2, 0.25) is 0 Å². The van der Waals surface area contributed by atoms with Crippen LogP contribution < -0.4 is 5.32 Å². The topological polar surface area (TPSA) is 15.3 Å². The third-order valence-electron chi connectivity index (χ3n) is 5.63. The summed E-state index contributed by atoms with van der Waals surface area (Å²) in [5.74, 6) is 0. The summed E-state index contributed by atoms with van der Waals surface area (Å²) < 4.78 is 0. The molecule has 1 aliphatic heterocycles. The molecular formula is C18H36N2. The van der Waals surface area contributed by atoms with Crippen LogP contribution in [0.1, 0.15) is 84.5 Å². The summed E-state index contributed by atoms with van der Waals surface area (Å²) in [6.45, 7) is 8.50. The molecule has 2 aliphatic rings. The van der Waals surface area contributed by atoms with Crippen LogP contribution in [-0.4, -0.2) is 36.1 Å². The van der Waals surface area contributed by atoms with Gasteiger partial charge in [0.05, 0.1) is 0 Å². The van der Waals surface area contributed by atoms with Gasteiger partial charge in [-0.05, 0) is 26.2 Å². The summed E-state index contributed by atoms with van der Waals surface area (Å²) in [7, 11) is 0. The van der Waals surface area contributed by atoms with Crippen LogP contribution in [0.25, 0.3) is 0 Å². The number of rotatable bonds is 7. The number of nitrogens with zero attached hydrogens (tertiary/aromatic N) is 1. The van der Waals surface area contributed by atoms with E-state index in [0.29, 0.717) is 5.54 Å². The molecule has 0 aromatic carbocycles. The molecule has 1 N–H and O–H groups in total. The molecule has 0 radical (unpaired) electrons. The number of piperazine rings is 1. The first-order valence-electron chi connectivity index (χ1n) is 9.26. The second-order valence-electron chi connectivity index (χ2n) is 7.21. The van der Waals surface area contributed by atoms with E-state index in [-0.39, 0.29) is 0 Å². The molecule has 1 saturated heterocycles. The summed E-state index contributed by atoms with van der Waals surface area (Å²) in [4.78, 5) is 2.89. The van der Waals surface area contributed by atoms with Crippen molar-refractivity contribution < 1.29 is 0 Å². The summed E-state index contributed by atoms with van der Waals surface area (Å²) in [5, 5.41) is 3.67. The minimum absolute atomic E-state index is 0.513. The molecule has 2 rings (SSSR count). The van der Waals surface area contributed by atoms with E-state index in [1.165, 1.54) is 90.3 Å². The lowest BCUT2D eigenvalue weighted by Crippen LogP contribution is -2.64. The standard InChI is InChI=1S/C18H36N2/c1-3-4-5-6-8-11-17(2)20-15-14-19-16-18(20)12-9-7-10-13-18/h17,19H,3-16H2,1-2H3. The van der Waals surface area contributed by atoms with E-state index >= 15 is 0 Å². The van der Waals surface area contributed by atoms with Gasteiger partial charge in [0.1, 0.15) is 0 Å². The monoisotopic (exact) mass is 280 g/mol. The zero-order chi connectivity index (χ0) is 14.3. The van der Waals surface area contributed by atoms with Gasteiger partial charge in [-0.25, -0.2) is 0 Å². The van der Waals surface area contributed by atoms with Gasteiger partial charge in [-0.15, -0.1) is 0 Å². The highest BCUT2D eigenvalue weighted by molar-refractivity contribution is 4.99. The van der Waals surface area contributed by atoms with E-state index in [1.807, 2.05) is 0 Å². The molecule has 1 heterocycles. The van der Waals surface area contributed by atoms with Gasteiger partial charge < -0.3 is 5.32 Å². The van der Waals surface area contributed by atoms with E-state index in [1.54, 1.807) is 0 Å². The third kappa shape index (κ3) is 4.21. The highest BCUT2D eigenvalue weighted by atomic mass is 15.3. The van der Waals surface area contributed by atoms with Gasteiger partial charge in [-0.3, -0.25) is 4.90 Å². The maximum Gasteiger partial charge on any atom is 0.0337 e. The Balaban J connectivity index is 1.80. The zero-order valence-electron chi connectivity index (χ0n) is 13.9. The number of hydrogen-bond donors (Lipinski definition) is 1. The van der Waals surface area contributed by atoms with Crippen LogP contribution >= 0.6 is 0 Å². The van der Waals surface area contributed by atoms with Gasteiger partial charge in [0.25, 0.3) is 0 Å². The Morgan fingerprint density at radius 3 is 2.55 bits per heavy atom. The molecular weight excluding hydrogens is 244 g/mol. The molecule has 20 heavy (non-hydrogen) atoms. The van der Waals surface area contributed by atoms with Crippen LogP contribution in [0.15, 0.2) is 0 Å². The molecule has 1 spiro atoms. The number of hydrogen-bond acceptors (Lipinski definition) is 2. The van der Waals surface area contributed by atoms with Crippen molar-refractivity contribution in [1.82, 2.24) is 10.2 Å². The average molecular weight is 280 g/mol. The third-order valence-corrected chi connectivity index (χ3v) is 5.63. The maximum absolute atomic E-state index is 3.67. The van der Waals surface area contributed by atoms with E-state index in [9.17, 15) is 0 Å². The van der Waals surface area contributed by atoms with E-state index in [2.05, 4.69) is 24.1 Å². The predicted octanol–water partition coefficient (Wildman–Crippen LogP) is 4.34. The lowest BCUT2D eigenvalue weighted by molar-refractivity contribution is -0.00495. The summed E-state index contributed by atoms with van der Waals surface area (Å²) in [5.41, 5.74) is 0.513. The van der Waals surface area contributed by atoms with Crippen LogP contribution in [0.4, 0.5) is 0 Å². The Kier molecular flexibility index (Phi) is 6.83. The molecule has 2 nitrogen and oxygen atoms in total. The van der Waals surface area contributed by atoms with Crippen molar-refractivity contribution in [3.8, 4) is 0 Å². The lowest BCUT2D eigenvalue weighted by atomic mass is 9.78. The van der Waals surface area contributed by atoms with Gasteiger partial charge in [0.15, 0.2) is 0 Å². The predicted molar refractivity (Wildman–Crippen MR) is 88.2 cm³/mol. The molecule has 0 aromatic rings. The zero-order valence-corrected chi connectivity index (χ0v) is 13.9. The van der Waals surface area contributed by atoms with Crippen LogP contribution in [0.3, 0.4) is 0 Å². The first-order valence-corrected chi connectivity index (χ1v) is 9.26. The van der Waals surface area contributed by atoms with Crippen molar-refractivity contribution in [2.24, 2.45) is 0 Å². The summed E-state index contributed by atoms with van der Waals surface area (Å²) >= 11 is 0. The number of nitrogens with one attached hydrogen (secondary N) is 1. The largest absolute Gasteiger partial charge is 0.314 e. The molecule has 2 fully saturated rings. The SMILES string of the molecule is CCCCCCCC(C)N1CCNCC12CCCCC2. The van der Waals surface area contributed by atoms with Crippen molar-refractivity contribution in [2.45, 2.75) is 96.1 Å². The Bertz CT molecular complexity index is 250. The van der Waals surface area contributed by atoms with E-state index < -0.39 is 0 Å². The van der Waals surface area contributed by atoms with Crippen LogP contribution in [0.2, 0.25) is 0 Å². The smallest absolute Gasteiger partial charge is 0.0337 e. The van der Waals surface area contributed by atoms with Crippen molar-refractivity contribution in [2.75, 3.05) is 19.6 Å². The Labute approximate surface area is 126 Å². The van der Waals surface area contributed by atoms with Gasteiger partial charge >= 0.3 is 0 Å². The van der Waals surface area contributed by atoms with Crippen molar-refractivity contribution >= 4 is 0 Å². The van der Waals surface area contributed by atoms with Gasteiger partial charge in [-0.1, -0.05) is 58.3 Å². The van der Waals surface area contributed by atoms with Crippen LogP contribution in [0, 0.1) is 0 Å².